The van der Waals surface area contributed by atoms with Gasteiger partial charge in [0.05, 0.1) is 0 Å². The van der Waals surface area contributed by atoms with Crippen molar-refractivity contribution < 1.29 is 4.79 Å². The van der Waals surface area contributed by atoms with E-state index in [2.05, 4.69) is 46.3 Å². The number of amides is 1. The molecule has 0 bridgehead atoms. The van der Waals surface area contributed by atoms with E-state index in [1.807, 2.05) is 0 Å². The van der Waals surface area contributed by atoms with E-state index < -0.39 is 0 Å². The van der Waals surface area contributed by atoms with Crippen LogP contribution in [0.25, 0.3) is 0 Å². The van der Waals surface area contributed by atoms with E-state index in [1.54, 1.807) is 0 Å². The van der Waals surface area contributed by atoms with Gasteiger partial charge in [-0.1, -0.05) is 24.3 Å². The number of fused-ring (bicyclic) bond motifs is 1. The lowest BCUT2D eigenvalue weighted by atomic mass is 9.82. The van der Waals surface area contributed by atoms with Crippen molar-refractivity contribution in [3.63, 3.8) is 0 Å². The van der Waals surface area contributed by atoms with Crippen LogP contribution in [0.5, 0.6) is 0 Å². The molecule has 0 saturated carbocycles. The fraction of sp³-hybridized carbons (Fsp3) is 0.682. The fourth-order valence-corrected chi connectivity index (χ4v) is 5.18. The molecule has 0 aromatic heterocycles. The Labute approximate surface area is 182 Å². The van der Waals surface area contributed by atoms with E-state index >= 15 is 0 Å². The maximum Gasteiger partial charge on any atom is 0.222 e. The summed E-state index contributed by atoms with van der Waals surface area (Å²) in [4.78, 5) is 17.5. The van der Waals surface area contributed by atoms with Crippen molar-refractivity contribution in [3.8, 4) is 0 Å². The highest BCUT2D eigenvalue weighted by atomic mass is 35.5. The largest absolute Gasteiger partial charge is 0.339 e. The number of carbonyl (C=O) groups is 1. The Kier molecular flexibility index (Phi) is 9.07. The molecule has 158 valence electrons. The zero-order valence-electron chi connectivity index (χ0n) is 16.9. The molecule has 3 aliphatic heterocycles. The van der Waals surface area contributed by atoms with Crippen LogP contribution in [0, 0.1) is 18.8 Å². The van der Waals surface area contributed by atoms with E-state index in [1.165, 1.54) is 24.0 Å². The average molecular weight is 428 g/mol. The van der Waals surface area contributed by atoms with Gasteiger partial charge in [-0.3, -0.25) is 9.69 Å². The van der Waals surface area contributed by atoms with Gasteiger partial charge in [0.25, 0.3) is 0 Å². The molecule has 3 aliphatic rings. The Morgan fingerprint density at radius 1 is 1.07 bits per heavy atom. The summed E-state index contributed by atoms with van der Waals surface area (Å²) in [6, 6.07) is 9.22. The van der Waals surface area contributed by atoms with Crippen molar-refractivity contribution in [1.82, 2.24) is 15.1 Å². The highest BCUT2D eigenvalue weighted by Crippen LogP contribution is 2.33. The number of rotatable bonds is 4. The van der Waals surface area contributed by atoms with Crippen LogP contribution in [0.1, 0.15) is 43.2 Å². The minimum atomic E-state index is 0. The molecule has 4 nitrogen and oxygen atoms in total. The van der Waals surface area contributed by atoms with E-state index in [-0.39, 0.29) is 24.8 Å². The summed E-state index contributed by atoms with van der Waals surface area (Å²) >= 11 is 0. The maximum atomic E-state index is 12.6. The Balaban J connectivity index is 0.00000140. The number of aryl methyl sites for hydroxylation is 1. The fourth-order valence-electron chi connectivity index (χ4n) is 5.18. The first-order valence-electron chi connectivity index (χ1n) is 10.5. The molecule has 1 aromatic rings. The third-order valence-corrected chi connectivity index (χ3v) is 6.80. The second kappa shape index (κ2) is 10.8. The highest BCUT2D eigenvalue weighted by molar-refractivity contribution is 5.85. The summed E-state index contributed by atoms with van der Waals surface area (Å²) in [5.41, 5.74) is 2.84. The Morgan fingerprint density at radius 3 is 2.57 bits per heavy atom. The van der Waals surface area contributed by atoms with Gasteiger partial charge in [0.2, 0.25) is 5.91 Å². The average Bonchev–Trinajstić information content (AvgIpc) is 2.67. The summed E-state index contributed by atoms with van der Waals surface area (Å²) in [7, 11) is 0. The molecule has 0 aliphatic carbocycles. The van der Waals surface area contributed by atoms with Crippen molar-refractivity contribution in [1.29, 1.82) is 0 Å². The standard InChI is InChI=1S/C22H33N3O.2ClH/c1-17-4-2-3-5-19(17)15-24-13-10-21-20(16-24)6-7-22(26)25(21)14-18-8-11-23-12-9-18;;/h2-5,18,20-21,23H,6-16H2,1H3;2*1H/t20-,21+;;/m0../s1. The quantitative estimate of drug-likeness (QED) is 0.795. The first-order valence-corrected chi connectivity index (χ1v) is 10.5. The van der Waals surface area contributed by atoms with Gasteiger partial charge in [0.15, 0.2) is 0 Å². The zero-order chi connectivity index (χ0) is 17.9. The first kappa shape index (κ1) is 23.5. The molecule has 1 aromatic carbocycles. The highest BCUT2D eigenvalue weighted by Gasteiger charge is 2.39. The summed E-state index contributed by atoms with van der Waals surface area (Å²) in [5.74, 6) is 1.77. The van der Waals surface area contributed by atoms with Crippen LogP contribution in [-0.2, 0) is 11.3 Å². The summed E-state index contributed by atoms with van der Waals surface area (Å²) in [6.45, 7) is 8.76. The van der Waals surface area contributed by atoms with E-state index in [0.29, 0.717) is 23.8 Å². The lowest BCUT2D eigenvalue weighted by molar-refractivity contribution is -0.142. The van der Waals surface area contributed by atoms with Crippen molar-refractivity contribution in [3.05, 3.63) is 35.4 Å². The normalized spacial score (nSPS) is 26.2. The molecule has 0 unspecified atom stereocenters. The van der Waals surface area contributed by atoms with E-state index in [0.717, 1.165) is 58.5 Å². The van der Waals surface area contributed by atoms with Crippen LogP contribution in [0.15, 0.2) is 24.3 Å². The molecule has 1 N–H and O–H groups in total. The Bertz CT molecular complexity index is 636. The number of piperidine rings is 3. The second-order valence-corrected chi connectivity index (χ2v) is 8.56. The third-order valence-electron chi connectivity index (χ3n) is 6.80. The number of likely N-dealkylation sites (tertiary alicyclic amines) is 2. The summed E-state index contributed by atoms with van der Waals surface area (Å²) in [5, 5.41) is 3.44. The van der Waals surface area contributed by atoms with Crippen LogP contribution in [-0.4, -0.2) is 54.5 Å². The minimum Gasteiger partial charge on any atom is -0.339 e. The van der Waals surface area contributed by atoms with Gasteiger partial charge < -0.3 is 10.2 Å². The summed E-state index contributed by atoms with van der Waals surface area (Å²) < 4.78 is 0. The molecule has 2 atom stereocenters. The number of nitrogens with one attached hydrogen (secondary N) is 1. The number of halogens is 2. The molecular weight excluding hydrogens is 393 g/mol. The number of hydrogen-bond acceptors (Lipinski definition) is 3. The van der Waals surface area contributed by atoms with E-state index in [4.69, 9.17) is 0 Å². The van der Waals surface area contributed by atoms with Crippen molar-refractivity contribution in [2.45, 2.75) is 51.6 Å². The topological polar surface area (TPSA) is 35.6 Å². The van der Waals surface area contributed by atoms with Crippen LogP contribution in [0.2, 0.25) is 0 Å². The van der Waals surface area contributed by atoms with Gasteiger partial charge in [-0.05, 0) is 68.7 Å². The SMILES string of the molecule is Cc1ccccc1CN1CC[C@@H]2[C@@H](CCC(=O)N2CC2CCNCC2)C1.Cl.Cl. The van der Waals surface area contributed by atoms with Gasteiger partial charge in [0.1, 0.15) is 0 Å². The van der Waals surface area contributed by atoms with Crippen molar-refractivity contribution >= 4 is 30.7 Å². The lowest BCUT2D eigenvalue weighted by Gasteiger charge is -2.48. The molecule has 3 saturated heterocycles. The van der Waals surface area contributed by atoms with Gasteiger partial charge in [-0.25, -0.2) is 0 Å². The molecule has 3 heterocycles. The maximum absolute atomic E-state index is 12.6. The summed E-state index contributed by atoms with van der Waals surface area (Å²) in [6.07, 6.45) is 5.43. The van der Waals surface area contributed by atoms with Crippen LogP contribution < -0.4 is 5.32 Å². The molecule has 0 radical (unpaired) electrons. The van der Waals surface area contributed by atoms with E-state index in [9.17, 15) is 4.79 Å². The zero-order valence-corrected chi connectivity index (χ0v) is 18.6. The van der Waals surface area contributed by atoms with Crippen molar-refractivity contribution in [2.24, 2.45) is 11.8 Å². The minimum absolute atomic E-state index is 0. The molecule has 4 rings (SSSR count). The second-order valence-electron chi connectivity index (χ2n) is 8.56. The monoisotopic (exact) mass is 427 g/mol. The predicted molar refractivity (Wildman–Crippen MR) is 119 cm³/mol. The van der Waals surface area contributed by atoms with Crippen molar-refractivity contribution in [2.75, 3.05) is 32.7 Å². The molecule has 1 amide bonds. The Hall–Kier alpha value is -0.810. The van der Waals surface area contributed by atoms with Gasteiger partial charge >= 0.3 is 0 Å². The Morgan fingerprint density at radius 2 is 1.82 bits per heavy atom. The van der Waals surface area contributed by atoms with Crippen LogP contribution in [0.3, 0.4) is 0 Å². The van der Waals surface area contributed by atoms with Crippen LogP contribution >= 0.6 is 24.8 Å². The lowest BCUT2D eigenvalue weighted by Crippen LogP contribution is -2.57. The van der Waals surface area contributed by atoms with Gasteiger partial charge in [-0.2, -0.15) is 0 Å². The predicted octanol–water partition coefficient (Wildman–Crippen LogP) is 3.65. The molecule has 0 spiro atoms. The third kappa shape index (κ3) is 5.41. The number of nitrogens with zero attached hydrogens (tertiary/aromatic N) is 2. The first-order chi connectivity index (χ1) is 12.7. The molecule has 6 heteroatoms. The van der Waals surface area contributed by atoms with Gasteiger partial charge in [0, 0.05) is 38.6 Å². The molecule has 28 heavy (non-hydrogen) atoms. The number of carbonyl (C=O) groups excluding carboxylic acids is 1. The van der Waals surface area contributed by atoms with Crippen LogP contribution in [0.4, 0.5) is 0 Å². The van der Waals surface area contributed by atoms with Gasteiger partial charge in [-0.15, -0.1) is 24.8 Å². The molecule has 3 fully saturated rings. The smallest absolute Gasteiger partial charge is 0.222 e. The molecular formula is C22H35Cl2N3O. The number of hydrogen-bond donors (Lipinski definition) is 1. The number of benzene rings is 1.